The molecule has 1 aromatic heterocycles. The van der Waals surface area contributed by atoms with E-state index in [1.807, 2.05) is 61.2 Å². The van der Waals surface area contributed by atoms with Gasteiger partial charge in [-0.25, -0.2) is 9.78 Å². The largest absolute Gasteiger partial charge is 0.478 e. The van der Waals surface area contributed by atoms with Crippen molar-refractivity contribution < 1.29 is 9.90 Å². The Hall–Kier alpha value is -2.59. The minimum absolute atomic E-state index is 0.190. The monoisotopic (exact) mass is 354 g/mol. The van der Waals surface area contributed by atoms with Crippen molar-refractivity contribution in [3.05, 3.63) is 59.1 Å². The molecule has 0 saturated heterocycles. The second-order valence-corrected chi connectivity index (χ2v) is 6.07. The van der Waals surface area contributed by atoms with E-state index in [2.05, 4.69) is 4.98 Å². The van der Waals surface area contributed by atoms with Crippen molar-refractivity contribution in [2.75, 3.05) is 18.0 Å². The summed E-state index contributed by atoms with van der Waals surface area (Å²) in [4.78, 5) is 18.8. The maximum atomic E-state index is 12.2. The molecule has 1 N–H and O–H groups in total. The van der Waals surface area contributed by atoms with Crippen LogP contribution in [0.3, 0.4) is 0 Å². The molecule has 128 valence electrons. The molecule has 0 radical (unpaired) electrons. The van der Waals surface area contributed by atoms with Gasteiger partial charge >= 0.3 is 5.97 Å². The first-order valence-electron chi connectivity index (χ1n) is 8.24. The molecule has 0 fully saturated rings. The van der Waals surface area contributed by atoms with Crippen LogP contribution in [0.25, 0.3) is 22.0 Å². The van der Waals surface area contributed by atoms with Crippen molar-refractivity contribution in [2.45, 2.75) is 13.8 Å². The summed E-state index contributed by atoms with van der Waals surface area (Å²) >= 11 is 6.44. The van der Waals surface area contributed by atoms with Crippen molar-refractivity contribution in [3.63, 3.8) is 0 Å². The number of carboxylic acids is 1. The van der Waals surface area contributed by atoms with E-state index in [1.165, 1.54) is 0 Å². The lowest BCUT2D eigenvalue weighted by Gasteiger charge is -2.24. The molecule has 25 heavy (non-hydrogen) atoms. The Labute approximate surface area is 151 Å². The Morgan fingerprint density at radius 3 is 2.36 bits per heavy atom. The lowest BCUT2D eigenvalue weighted by molar-refractivity contribution is 0.0698. The number of hydrogen-bond donors (Lipinski definition) is 1. The fraction of sp³-hybridized carbons (Fsp3) is 0.200. The number of fused-ring (bicyclic) bond motifs is 1. The van der Waals surface area contributed by atoms with Crippen LogP contribution in [-0.2, 0) is 0 Å². The van der Waals surface area contributed by atoms with Crippen molar-refractivity contribution in [2.24, 2.45) is 0 Å². The molecular weight excluding hydrogens is 336 g/mol. The number of benzene rings is 2. The van der Waals surface area contributed by atoms with E-state index in [0.29, 0.717) is 40.4 Å². The average molecular weight is 355 g/mol. The standard InChI is InChI=1S/C20H19ClN2O2/c1-3-23(4-2)19-18(20(24)25)16(13-9-6-5-7-10-13)17-14(21)11-8-12-15(17)22-19/h5-12H,3-4H2,1-2H3,(H,24,25). The Morgan fingerprint density at radius 2 is 1.76 bits per heavy atom. The minimum Gasteiger partial charge on any atom is -0.478 e. The van der Waals surface area contributed by atoms with Gasteiger partial charge < -0.3 is 10.0 Å². The third-order valence-electron chi connectivity index (χ3n) is 4.28. The second-order valence-electron chi connectivity index (χ2n) is 5.66. The molecule has 1 heterocycles. The molecule has 5 heteroatoms. The fourth-order valence-electron chi connectivity index (χ4n) is 3.11. The Morgan fingerprint density at radius 1 is 1.08 bits per heavy atom. The van der Waals surface area contributed by atoms with E-state index < -0.39 is 5.97 Å². The number of aromatic carboxylic acids is 1. The third-order valence-corrected chi connectivity index (χ3v) is 4.60. The van der Waals surface area contributed by atoms with Crippen LogP contribution in [0.1, 0.15) is 24.2 Å². The molecule has 3 aromatic rings. The summed E-state index contributed by atoms with van der Waals surface area (Å²) in [5, 5.41) is 11.2. The average Bonchev–Trinajstić information content (AvgIpc) is 2.62. The summed E-state index contributed by atoms with van der Waals surface area (Å²) in [6.07, 6.45) is 0. The van der Waals surface area contributed by atoms with E-state index in [9.17, 15) is 9.90 Å². The van der Waals surface area contributed by atoms with Gasteiger partial charge in [0.2, 0.25) is 0 Å². The molecule has 0 bridgehead atoms. The van der Waals surface area contributed by atoms with Gasteiger partial charge in [-0.15, -0.1) is 0 Å². The van der Waals surface area contributed by atoms with Gasteiger partial charge in [-0.1, -0.05) is 48.0 Å². The van der Waals surface area contributed by atoms with Gasteiger partial charge in [0, 0.05) is 24.0 Å². The number of pyridine rings is 1. The lowest BCUT2D eigenvalue weighted by Crippen LogP contribution is -2.26. The van der Waals surface area contributed by atoms with Crippen LogP contribution in [0.15, 0.2) is 48.5 Å². The molecule has 0 saturated carbocycles. The number of carbonyl (C=O) groups is 1. The molecule has 0 unspecified atom stereocenters. The van der Waals surface area contributed by atoms with Gasteiger partial charge in [-0.3, -0.25) is 0 Å². The van der Waals surface area contributed by atoms with Crippen LogP contribution >= 0.6 is 11.6 Å². The quantitative estimate of drug-likeness (QED) is 0.692. The zero-order chi connectivity index (χ0) is 18.0. The van der Waals surface area contributed by atoms with Gasteiger partial charge in [0.25, 0.3) is 0 Å². The van der Waals surface area contributed by atoms with E-state index in [1.54, 1.807) is 6.07 Å². The van der Waals surface area contributed by atoms with Crippen molar-refractivity contribution in [3.8, 4) is 11.1 Å². The Bertz CT molecular complexity index is 922. The predicted octanol–water partition coefficient (Wildman–Crippen LogP) is 5.10. The number of hydrogen-bond acceptors (Lipinski definition) is 3. The maximum Gasteiger partial charge on any atom is 0.340 e. The fourth-order valence-corrected chi connectivity index (χ4v) is 3.37. The van der Waals surface area contributed by atoms with Gasteiger partial charge in [0.05, 0.1) is 10.5 Å². The molecule has 0 atom stereocenters. The van der Waals surface area contributed by atoms with Crippen LogP contribution in [0.2, 0.25) is 5.02 Å². The van der Waals surface area contributed by atoms with Gasteiger partial charge in [-0.2, -0.15) is 0 Å². The topological polar surface area (TPSA) is 53.4 Å². The van der Waals surface area contributed by atoms with Gasteiger partial charge in [-0.05, 0) is 31.5 Å². The minimum atomic E-state index is -1.00. The first kappa shape index (κ1) is 17.2. The molecule has 0 amide bonds. The number of anilines is 1. The molecule has 0 aliphatic carbocycles. The highest BCUT2D eigenvalue weighted by atomic mass is 35.5. The second kappa shape index (κ2) is 7.11. The summed E-state index contributed by atoms with van der Waals surface area (Å²) < 4.78 is 0. The summed E-state index contributed by atoms with van der Waals surface area (Å²) in [7, 11) is 0. The Kier molecular flexibility index (Phi) is 4.91. The van der Waals surface area contributed by atoms with E-state index in [4.69, 9.17) is 11.6 Å². The normalized spacial score (nSPS) is 10.8. The van der Waals surface area contributed by atoms with Gasteiger partial charge in [0.1, 0.15) is 11.4 Å². The molecular formula is C20H19ClN2O2. The van der Waals surface area contributed by atoms with Crippen molar-refractivity contribution in [1.29, 1.82) is 0 Å². The van der Waals surface area contributed by atoms with Crippen LogP contribution in [0.5, 0.6) is 0 Å². The molecule has 4 nitrogen and oxygen atoms in total. The molecule has 3 rings (SSSR count). The lowest BCUT2D eigenvalue weighted by atomic mass is 9.95. The number of halogens is 1. The summed E-state index contributed by atoms with van der Waals surface area (Å²) in [6.45, 7) is 5.32. The van der Waals surface area contributed by atoms with E-state index >= 15 is 0 Å². The van der Waals surface area contributed by atoms with Crippen LogP contribution in [-0.4, -0.2) is 29.1 Å². The number of carboxylic acid groups (broad SMARTS) is 1. The summed E-state index contributed by atoms with van der Waals surface area (Å²) in [5.41, 5.74) is 2.31. The summed E-state index contributed by atoms with van der Waals surface area (Å²) in [6, 6.07) is 14.9. The van der Waals surface area contributed by atoms with Crippen LogP contribution < -0.4 is 4.90 Å². The first-order valence-corrected chi connectivity index (χ1v) is 8.62. The van der Waals surface area contributed by atoms with Crippen LogP contribution in [0, 0.1) is 0 Å². The van der Waals surface area contributed by atoms with E-state index in [-0.39, 0.29) is 5.56 Å². The SMILES string of the molecule is CCN(CC)c1nc2cccc(Cl)c2c(-c2ccccc2)c1C(=O)O. The molecule has 2 aromatic carbocycles. The van der Waals surface area contributed by atoms with Gasteiger partial charge in [0.15, 0.2) is 0 Å². The number of nitrogens with zero attached hydrogens (tertiary/aromatic N) is 2. The zero-order valence-electron chi connectivity index (χ0n) is 14.2. The smallest absolute Gasteiger partial charge is 0.340 e. The predicted molar refractivity (Wildman–Crippen MR) is 103 cm³/mol. The Balaban J connectivity index is 2.51. The van der Waals surface area contributed by atoms with E-state index in [0.717, 1.165) is 5.56 Å². The number of rotatable bonds is 5. The summed E-state index contributed by atoms with van der Waals surface area (Å²) in [5.74, 6) is -0.527. The first-order chi connectivity index (χ1) is 12.1. The highest BCUT2D eigenvalue weighted by Gasteiger charge is 2.25. The molecule has 0 aliphatic rings. The zero-order valence-corrected chi connectivity index (χ0v) is 14.9. The third kappa shape index (κ3) is 3.05. The number of aromatic nitrogens is 1. The molecule has 0 spiro atoms. The highest BCUT2D eigenvalue weighted by Crippen LogP contribution is 2.39. The van der Waals surface area contributed by atoms with Crippen LogP contribution in [0.4, 0.5) is 5.82 Å². The van der Waals surface area contributed by atoms with Crippen molar-refractivity contribution in [1.82, 2.24) is 4.98 Å². The van der Waals surface area contributed by atoms with Crippen molar-refractivity contribution >= 4 is 34.3 Å². The maximum absolute atomic E-state index is 12.2. The highest BCUT2D eigenvalue weighted by molar-refractivity contribution is 6.37. The molecule has 0 aliphatic heterocycles.